The number of nitrogens with one attached hydrogen (secondary N) is 1. The molecule has 0 spiro atoms. The Labute approximate surface area is 122 Å². The smallest absolute Gasteiger partial charge is 0.0693 e. The van der Waals surface area contributed by atoms with Crippen molar-refractivity contribution >= 4 is 27.5 Å². The summed E-state index contributed by atoms with van der Waals surface area (Å²) in [5.41, 5.74) is 1.08. The molecule has 1 aliphatic carbocycles. The number of hydrogen-bond donors (Lipinski definition) is 2. The Bertz CT molecular complexity index is 413. The molecule has 2 rings (SSSR count). The second-order valence-electron chi connectivity index (χ2n) is 5.01. The van der Waals surface area contributed by atoms with Crippen molar-refractivity contribution in [3.8, 4) is 0 Å². The van der Waals surface area contributed by atoms with E-state index in [-0.39, 0.29) is 18.2 Å². The van der Waals surface area contributed by atoms with Crippen LogP contribution in [0.3, 0.4) is 0 Å². The van der Waals surface area contributed by atoms with Gasteiger partial charge in [-0.2, -0.15) is 0 Å². The standard InChI is InChI=1S/C14H19BrClNO/c1-9(11-7-6-10(15)8-12(11)16)17-13-4-2-3-5-14(13)18/h6-9,13-14,17-18H,2-5H2,1H3. The first-order valence-electron chi connectivity index (χ1n) is 6.47. The van der Waals surface area contributed by atoms with E-state index in [1.807, 2.05) is 18.2 Å². The molecule has 1 saturated carbocycles. The Morgan fingerprint density at radius 2 is 2.11 bits per heavy atom. The summed E-state index contributed by atoms with van der Waals surface area (Å²) in [6.45, 7) is 2.09. The molecule has 1 aromatic rings. The van der Waals surface area contributed by atoms with Crippen LogP contribution in [0.5, 0.6) is 0 Å². The summed E-state index contributed by atoms with van der Waals surface area (Å²) < 4.78 is 0.987. The van der Waals surface area contributed by atoms with Crippen molar-refractivity contribution in [1.29, 1.82) is 0 Å². The van der Waals surface area contributed by atoms with Gasteiger partial charge in [-0.25, -0.2) is 0 Å². The molecule has 0 bridgehead atoms. The Morgan fingerprint density at radius 1 is 1.39 bits per heavy atom. The molecule has 0 heterocycles. The predicted molar refractivity (Wildman–Crippen MR) is 79.0 cm³/mol. The van der Waals surface area contributed by atoms with Gasteiger partial charge in [0.2, 0.25) is 0 Å². The SMILES string of the molecule is CC(NC1CCCCC1O)c1ccc(Br)cc1Cl. The van der Waals surface area contributed by atoms with Crippen LogP contribution in [-0.4, -0.2) is 17.3 Å². The summed E-state index contributed by atoms with van der Waals surface area (Å²) in [5, 5.41) is 14.2. The van der Waals surface area contributed by atoms with Crippen molar-refractivity contribution in [3.05, 3.63) is 33.3 Å². The maximum Gasteiger partial charge on any atom is 0.0693 e. The Hall–Kier alpha value is -0.0900. The van der Waals surface area contributed by atoms with Gasteiger partial charge in [-0.15, -0.1) is 0 Å². The van der Waals surface area contributed by atoms with Crippen LogP contribution in [0.1, 0.15) is 44.2 Å². The molecule has 2 N–H and O–H groups in total. The maximum atomic E-state index is 9.98. The summed E-state index contributed by atoms with van der Waals surface area (Å²) in [6, 6.07) is 6.28. The molecule has 3 unspecified atom stereocenters. The highest BCUT2D eigenvalue weighted by molar-refractivity contribution is 9.10. The van der Waals surface area contributed by atoms with Gasteiger partial charge < -0.3 is 10.4 Å². The van der Waals surface area contributed by atoms with E-state index in [1.165, 1.54) is 6.42 Å². The monoisotopic (exact) mass is 331 g/mol. The first-order chi connectivity index (χ1) is 8.58. The highest BCUT2D eigenvalue weighted by Crippen LogP contribution is 2.28. The Morgan fingerprint density at radius 3 is 2.78 bits per heavy atom. The zero-order valence-electron chi connectivity index (χ0n) is 10.5. The predicted octanol–water partition coefficient (Wildman–Crippen LogP) is 4.06. The van der Waals surface area contributed by atoms with Crippen LogP contribution in [0.4, 0.5) is 0 Å². The summed E-state index contributed by atoms with van der Waals surface area (Å²) in [5.74, 6) is 0. The van der Waals surface area contributed by atoms with Gasteiger partial charge in [0.25, 0.3) is 0 Å². The van der Waals surface area contributed by atoms with Crippen molar-refractivity contribution in [2.24, 2.45) is 0 Å². The summed E-state index contributed by atoms with van der Waals surface area (Å²) in [4.78, 5) is 0. The zero-order chi connectivity index (χ0) is 13.1. The van der Waals surface area contributed by atoms with Crippen molar-refractivity contribution in [1.82, 2.24) is 5.32 Å². The average Bonchev–Trinajstić information content (AvgIpc) is 2.32. The van der Waals surface area contributed by atoms with Crippen LogP contribution >= 0.6 is 27.5 Å². The van der Waals surface area contributed by atoms with Crippen LogP contribution in [0.2, 0.25) is 5.02 Å². The molecular weight excluding hydrogens is 314 g/mol. The van der Waals surface area contributed by atoms with Gasteiger partial charge in [0.05, 0.1) is 6.10 Å². The van der Waals surface area contributed by atoms with E-state index in [0.29, 0.717) is 0 Å². The minimum atomic E-state index is -0.226. The fourth-order valence-electron chi connectivity index (χ4n) is 2.57. The van der Waals surface area contributed by atoms with Gasteiger partial charge in [0.1, 0.15) is 0 Å². The quantitative estimate of drug-likeness (QED) is 0.875. The van der Waals surface area contributed by atoms with Crippen LogP contribution < -0.4 is 5.32 Å². The third-order valence-electron chi connectivity index (χ3n) is 3.62. The number of halogens is 2. The number of rotatable bonds is 3. The van der Waals surface area contributed by atoms with E-state index in [1.54, 1.807) is 0 Å². The molecule has 1 aromatic carbocycles. The van der Waals surface area contributed by atoms with Crippen LogP contribution in [0.15, 0.2) is 22.7 Å². The Balaban J connectivity index is 2.04. The Kier molecular flexibility index (Phi) is 5.07. The zero-order valence-corrected chi connectivity index (χ0v) is 12.8. The molecule has 100 valence electrons. The average molecular weight is 333 g/mol. The van der Waals surface area contributed by atoms with Crippen molar-refractivity contribution in [2.75, 3.05) is 0 Å². The maximum absolute atomic E-state index is 9.98. The molecule has 0 aliphatic heterocycles. The van der Waals surface area contributed by atoms with Gasteiger partial charge in [-0.05, 0) is 37.5 Å². The van der Waals surface area contributed by atoms with Gasteiger partial charge in [0.15, 0.2) is 0 Å². The molecule has 3 atom stereocenters. The lowest BCUT2D eigenvalue weighted by atomic mass is 9.91. The highest BCUT2D eigenvalue weighted by atomic mass is 79.9. The van der Waals surface area contributed by atoms with Crippen molar-refractivity contribution in [2.45, 2.75) is 50.8 Å². The van der Waals surface area contributed by atoms with Crippen molar-refractivity contribution < 1.29 is 5.11 Å². The topological polar surface area (TPSA) is 32.3 Å². The molecular formula is C14H19BrClNO. The van der Waals surface area contributed by atoms with E-state index in [0.717, 1.165) is 34.3 Å². The first-order valence-corrected chi connectivity index (χ1v) is 7.64. The van der Waals surface area contributed by atoms with Crippen LogP contribution in [-0.2, 0) is 0 Å². The van der Waals surface area contributed by atoms with Crippen LogP contribution in [0, 0.1) is 0 Å². The molecule has 2 nitrogen and oxygen atoms in total. The minimum Gasteiger partial charge on any atom is -0.392 e. The first kappa shape index (κ1) is 14.3. The molecule has 0 radical (unpaired) electrons. The van der Waals surface area contributed by atoms with Crippen LogP contribution in [0.25, 0.3) is 0 Å². The lowest BCUT2D eigenvalue weighted by molar-refractivity contribution is 0.0860. The number of aliphatic hydroxyl groups is 1. The summed E-state index contributed by atoms with van der Waals surface area (Å²) >= 11 is 9.65. The molecule has 4 heteroatoms. The fourth-order valence-corrected chi connectivity index (χ4v) is 3.41. The number of benzene rings is 1. The van der Waals surface area contributed by atoms with Gasteiger partial charge in [-0.1, -0.05) is 46.4 Å². The lowest BCUT2D eigenvalue weighted by Gasteiger charge is -2.31. The summed E-state index contributed by atoms with van der Waals surface area (Å²) in [6.07, 6.45) is 4.04. The lowest BCUT2D eigenvalue weighted by Crippen LogP contribution is -2.43. The van der Waals surface area contributed by atoms with E-state index in [4.69, 9.17) is 11.6 Å². The van der Waals surface area contributed by atoms with Gasteiger partial charge in [-0.3, -0.25) is 0 Å². The summed E-state index contributed by atoms with van der Waals surface area (Å²) in [7, 11) is 0. The van der Waals surface area contributed by atoms with E-state index >= 15 is 0 Å². The molecule has 0 saturated heterocycles. The largest absolute Gasteiger partial charge is 0.392 e. The third kappa shape index (κ3) is 3.47. The molecule has 18 heavy (non-hydrogen) atoms. The second kappa shape index (κ2) is 6.38. The molecule has 1 fully saturated rings. The highest BCUT2D eigenvalue weighted by Gasteiger charge is 2.24. The van der Waals surface area contributed by atoms with Gasteiger partial charge >= 0.3 is 0 Å². The number of hydrogen-bond acceptors (Lipinski definition) is 2. The third-order valence-corrected chi connectivity index (χ3v) is 4.44. The molecule has 0 amide bonds. The normalized spacial score (nSPS) is 26.0. The van der Waals surface area contributed by atoms with Gasteiger partial charge in [0, 0.05) is 21.6 Å². The second-order valence-corrected chi connectivity index (χ2v) is 6.34. The van der Waals surface area contributed by atoms with E-state index < -0.39 is 0 Å². The fraction of sp³-hybridized carbons (Fsp3) is 0.571. The molecule has 1 aliphatic rings. The van der Waals surface area contributed by atoms with E-state index in [9.17, 15) is 5.11 Å². The molecule has 0 aromatic heterocycles. The van der Waals surface area contributed by atoms with Crippen molar-refractivity contribution in [3.63, 3.8) is 0 Å². The number of aliphatic hydroxyl groups excluding tert-OH is 1. The van der Waals surface area contributed by atoms with E-state index in [2.05, 4.69) is 28.2 Å². The minimum absolute atomic E-state index is 0.156.